The molecular weight excluding hydrogens is 349 g/mol. The maximum Gasteiger partial charge on any atom is 1.00 e. The first kappa shape index (κ1) is 20.4. The summed E-state index contributed by atoms with van der Waals surface area (Å²) in [7, 11) is 3.11. The molecule has 3 rings (SSSR count). The third kappa shape index (κ3) is 4.43. The van der Waals surface area contributed by atoms with E-state index in [1.54, 1.807) is 25.3 Å². The molecule has 1 aliphatic rings. The van der Waals surface area contributed by atoms with Crippen molar-refractivity contribution >= 4 is 5.97 Å². The Morgan fingerprint density at radius 2 is 1.84 bits per heavy atom. The molecule has 0 saturated carbocycles. The molecule has 0 aromatic heterocycles. The number of carboxylic acid groups (broad SMARTS) is 1. The third-order valence-electron chi connectivity index (χ3n) is 4.03. The molecule has 0 spiro atoms. The van der Waals surface area contributed by atoms with Crippen LogP contribution in [0.4, 0.5) is 0 Å². The van der Waals surface area contributed by atoms with Crippen LogP contribution in [-0.2, 0) is 9.53 Å². The topological polar surface area (TPSA) is 79.9 Å². The summed E-state index contributed by atoms with van der Waals surface area (Å²) in [5.74, 6) is -0.0614. The van der Waals surface area contributed by atoms with E-state index in [-0.39, 0.29) is 51.4 Å². The average molecular weight is 367 g/mol. The van der Waals surface area contributed by atoms with Gasteiger partial charge in [0.25, 0.3) is 0 Å². The van der Waals surface area contributed by atoms with Crippen molar-refractivity contribution in [3.8, 4) is 11.5 Å². The van der Waals surface area contributed by atoms with Gasteiger partial charge in [-0.15, -0.1) is 0 Å². The van der Waals surface area contributed by atoms with Crippen LogP contribution in [0, 0.1) is 0 Å². The van der Waals surface area contributed by atoms with Gasteiger partial charge in [-0.05, 0) is 17.7 Å². The first-order valence-electron chi connectivity index (χ1n) is 7.53. The molecule has 126 valence electrons. The first-order valence-corrected chi connectivity index (χ1v) is 7.53. The zero-order valence-electron chi connectivity index (χ0n) is 14.4. The van der Waals surface area contributed by atoms with Gasteiger partial charge in [0.2, 0.25) is 0 Å². The molecule has 0 aliphatic carbocycles. The van der Waals surface area contributed by atoms with Gasteiger partial charge in [0, 0.05) is 11.6 Å². The molecule has 3 unspecified atom stereocenters. The molecule has 0 bridgehead atoms. The molecule has 25 heavy (non-hydrogen) atoms. The number of aliphatic carboxylic acids is 1. The zero-order chi connectivity index (χ0) is 17.1. The van der Waals surface area contributed by atoms with E-state index in [4.69, 9.17) is 14.2 Å². The summed E-state index contributed by atoms with van der Waals surface area (Å²) < 4.78 is 16.3. The van der Waals surface area contributed by atoms with Crippen molar-refractivity contribution in [2.45, 2.75) is 18.4 Å². The average Bonchev–Trinajstić information content (AvgIpc) is 3.07. The molecule has 7 heteroatoms. The summed E-state index contributed by atoms with van der Waals surface area (Å²) in [6.45, 7) is 0. The quantitative estimate of drug-likeness (QED) is 0.628. The number of hydrogen-bond acceptors (Lipinski definition) is 6. The van der Waals surface area contributed by atoms with Crippen LogP contribution in [0.5, 0.6) is 11.5 Å². The Bertz CT molecular complexity index is 725. The Balaban J connectivity index is 0.00000225. The number of methoxy groups -OCH3 is 2. The molecule has 1 heterocycles. The van der Waals surface area contributed by atoms with Crippen LogP contribution in [0.2, 0.25) is 0 Å². The zero-order valence-corrected chi connectivity index (χ0v) is 17.5. The second-order valence-electron chi connectivity index (χ2n) is 5.42. The third-order valence-corrected chi connectivity index (χ3v) is 4.03. The summed E-state index contributed by atoms with van der Waals surface area (Å²) in [6.07, 6.45) is -1.72. The number of carbonyl (C=O) groups is 1. The molecule has 3 atom stereocenters. The van der Waals surface area contributed by atoms with Gasteiger partial charge in [-0.1, -0.05) is 30.3 Å². The van der Waals surface area contributed by atoms with Crippen LogP contribution in [0.15, 0.2) is 48.5 Å². The fourth-order valence-corrected chi connectivity index (χ4v) is 2.84. The van der Waals surface area contributed by atoms with E-state index in [9.17, 15) is 9.90 Å². The fraction of sp³-hybridized carbons (Fsp3) is 0.278. The van der Waals surface area contributed by atoms with Gasteiger partial charge in [0.15, 0.2) is 0 Å². The summed E-state index contributed by atoms with van der Waals surface area (Å²) in [4.78, 5) is 11.5. The Kier molecular flexibility index (Phi) is 7.45. The fourth-order valence-electron chi connectivity index (χ4n) is 2.84. The standard InChI is InChI=1S/C18H19NO5.K/c1-22-12-8-9-13(14(10-12)23-2)17-19-15(16(24-17)18(20)21)11-6-4-3-5-7-11;/h3-10,15-17,19H,1-2H3,(H,20,21);/q;+1/p-1. The molecule has 2 aromatic carbocycles. The minimum absolute atomic E-state index is 0. The van der Waals surface area contributed by atoms with E-state index in [1.807, 2.05) is 30.3 Å². The molecule has 0 amide bonds. The van der Waals surface area contributed by atoms with Crippen LogP contribution in [-0.4, -0.2) is 26.3 Å². The number of rotatable bonds is 5. The van der Waals surface area contributed by atoms with Gasteiger partial charge in [0.1, 0.15) is 23.8 Å². The summed E-state index contributed by atoms with van der Waals surface area (Å²) in [5.41, 5.74) is 1.52. The molecule has 1 saturated heterocycles. The molecule has 1 N–H and O–H groups in total. The van der Waals surface area contributed by atoms with Crippen molar-refractivity contribution in [1.82, 2.24) is 5.32 Å². The number of benzene rings is 2. The smallest absolute Gasteiger partial charge is 0.547 e. The van der Waals surface area contributed by atoms with Crippen molar-refractivity contribution in [3.05, 3.63) is 59.7 Å². The van der Waals surface area contributed by atoms with Crippen molar-refractivity contribution in [2.24, 2.45) is 0 Å². The Hall–Kier alpha value is -0.934. The van der Waals surface area contributed by atoms with Crippen LogP contribution >= 0.6 is 0 Å². The van der Waals surface area contributed by atoms with Crippen LogP contribution in [0.25, 0.3) is 0 Å². The van der Waals surface area contributed by atoms with Gasteiger partial charge in [-0.25, -0.2) is 0 Å². The Labute approximate surface area is 188 Å². The minimum Gasteiger partial charge on any atom is -0.547 e. The van der Waals surface area contributed by atoms with E-state index in [0.717, 1.165) is 5.56 Å². The molecule has 1 fully saturated rings. The first-order chi connectivity index (χ1) is 11.6. The normalized spacial score (nSPS) is 22.1. The molecule has 0 radical (unpaired) electrons. The molecule has 1 aliphatic heterocycles. The number of carbonyl (C=O) groups excluding carboxylic acids is 1. The van der Waals surface area contributed by atoms with E-state index in [0.29, 0.717) is 17.1 Å². The summed E-state index contributed by atoms with van der Waals surface area (Å²) in [6, 6.07) is 14.1. The Morgan fingerprint density at radius 3 is 2.44 bits per heavy atom. The van der Waals surface area contributed by atoms with Crippen LogP contribution < -0.4 is 71.3 Å². The van der Waals surface area contributed by atoms with Gasteiger partial charge in [-0.3, -0.25) is 5.32 Å². The Morgan fingerprint density at radius 1 is 1.12 bits per heavy atom. The maximum atomic E-state index is 11.5. The van der Waals surface area contributed by atoms with Crippen molar-refractivity contribution in [2.75, 3.05) is 14.2 Å². The monoisotopic (exact) mass is 367 g/mol. The van der Waals surface area contributed by atoms with Crippen molar-refractivity contribution in [1.29, 1.82) is 0 Å². The van der Waals surface area contributed by atoms with Crippen molar-refractivity contribution < 1.29 is 75.5 Å². The van der Waals surface area contributed by atoms with Gasteiger partial charge in [0.05, 0.1) is 26.2 Å². The van der Waals surface area contributed by atoms with Crippen LogP contribution in [0.1, 0.15) is 23.4 Å². The van der Waals surface area contributed by atoms with Gasteiger partial charge in [-0.2, -0.15) is 0 Å². The molecule has 6 nitrogen and oxygen atoms in total. The molecule has 2 aromatic rings. The predicted octanol–water partition coefficient (Wildman–Crippen LogP) is -1.81. The molecular formula is C18H18KNO5. The van der Waals surface area contributed by atoms with Crippen molar-refractivity contribution in [3.63, 3.8) is 0 Å². The summed E-state index contributed by atoms with van der Waals surface area (Å²) in [5, 5.41) is 14.7. The van der Waals surface area contributed by atoms with Gasteiger partial charge >= 0.3 is 51.4 Å². The number of hydrogen-bond donors (Lipinski definition) is 1. The van der Waals surface area contributed by atoms with E-state index >= 15 is 0 Å². The minimum atomic E-state index is -1.26. The summed E-state index contributed by atoms with van der Waals surface area (Å²) >= 11 is 0. The number of nitrogens with one attached hydrogen (secondary N) is 1. The second-order valence-corrected chi connectivity index (χ2v) is 5.42. The number of ether oxygens (including phenoxy) is 3. The van der Waals surface area contributed by atoms with E-state index in [2.05, 4.69) is 5.32 Å². The van der Waals surface area contributed by atoms with Gasteiger partial charge < -0.3 is 24.1 Å². The second kappa shape index (κ2) is 9.13. The van der Waals surface area contributed by atoms with E-state index in [1.165, 1.54) is 7.11 Å². The maximum absolute atomic E-state index is 11.5. The predicted molar refractivity (Wildman–Crippen MR) is 84.5 cm³/mol. The SMILES string of the molecule is COc1ccc(C2NC(c3ccccc3)C(C(=O)[O-])O2)c(OC)c1.[K+]. The van der Waals surface area contributed by atoms with Crippen LogP contribution in [0.3, 0.4) is 0 Å². The van der Waals surface area contributed by atoms with E-state index < -0.39 is 24.3 Å². The largest absolute Gasteiger partial charge is 1.00 e. The number of carboxylic acids is 1.